The lowest BCUT2D eigenvalue weighted by atomic mass is 9.93. The zero-order valence-corrected chi connectivity index (χ0v) is 14.5. The minimum atomic E-state index is 0.676. The molecule has 0 saturated carbocycles. The first-order valence-corrected chi connectivity index (χ1v) is 8.70. The van der Waals surface area contributed by atoms with E-state index in [-0.39, 0.29) is 0 Å². The molecule has 1 heterocycles. The number of hydrogen-bond donors (Lipinski definition) is 1. The molecule has 0 radical (unpaired) electrons. The fourth-order valence-corrected chi connectivity index (χ4v) is 3.02. The minimum absolute atomic E-state index is 0.676. The van der Waals surface area contributed by atoms with E-state index in [0.717, 1.165) is 12.0 Å². The Labute approximate surface area is 127 Å². The highest BCUT2D eigenvalue weighted by molar-refractivity contribution is 4.82. The van der Waals surface area contributed by atoms with Crippen LogP contribution in [0.15, 0.2) is 0 Å². The summed E-state index contributed by atoms with van der Waals surface area (Å²) in [6.07, 6.45) is 5.25. The maximum atomic E-state index is 3.70. The third-order valence-electron chi connectivity index (χ3n) is 4.76. The fourth-order valence-electron chi connectivity index (χ4n) is 3.02. The van der Waals surface area contributed by atoms with Crippen molar-refractivity contribution >= 4 is 0 Å². The van der Waals surface area contributed by atoms with E-state index in [1.165, 1.54) is 58.4 Å². The van der Waals surface area contributed by atoms with Gasteiger partial charge in [-0.3, -0.25) is 0 Å². The molecule has 3 heteroatoms. The van der Waals surface area contributed by atoms with Crippen LogP contribution in [0.1, 0.15) is 53.4 Å². The van der Waals surface area contributed by atoms with E-state index in [2.05, 4.69) is 49.9 Å². The molecule has 3 nitrogen and oxygen atoms in total. The van der Waals surface area contributed by atoms with Gasteiger partial charge in [0.2, 0.25) is 0 Å². The number of piperidine rings is 1. The summed E-state index contributed by atoms with van der Waals surface area (Å²) in [6.45, 7) is 15.5. The smallest absolute Gasteiger partial charge is 0.0117 e. The molecule has 20 heavy (non-hydrogen) atoms. The first-order chi connectivity index (χ1) is 9.54. The van der Waals surface area contributed by atoms with Gasteiger partial charge in [0.05, 0.1) is 0 Å². The van der Waals surface area contributed by atoms with Gasteiger partial charge in [0.15, 0.2) is 0 Å². The molecule has 1 saturated heterocycles. The molecular formula is C17H37N3. The summed E-state index contributed by atoms with van der Waals surface area (Å²) in [5, 5.41) is 3.70. The van der Waals surface area contributed by atoms with Gasteiger partial charge in [0, 0.05) is 18.6 Å². The zero-order chi connectivity index (χ0) is 15.0. The molecule has 0 aliphatic carbocycles. The van der Waals surface area contributed by atoms with Gasteiger partial charge in [-0.2, -0.15) is 0 Å². The van der Waals surface area contributed by atoms with Gasteiger partial charge in [-0.15, -0.1) is 0 Å². The molecule has 0 spiro atoms. The van der Waals surface area contributed by atoms with Crippen molar-refractivity contribution in [1.82, 2.24) is 15.1 Å². The third-order valence-corrected chi connectivity index (χ3v) is 4.76. The van der Waals surface area contributed by atoms with Crippen LogP contribution >= 0.6 is 0 Å². The molecule has 0 amide bonds. The highest BCUT2D eigenvalue weighted by atomic mass is 15.1. The maximum absolute atomic E-state index is 3.70. The van der Waals surface area contributed by atoms with E-state index in [0.29, 0.717) is 6.04 Å². The van der Waals surface area contributed by atoms with Gasteiger partial charge in [-0.1, -0.05) is 13.8 Å². The van der Waals surface area contributed by atoms with E-state index < -0.39 is 0 Å². The molecule has 0 aromatic heterocycles. The summed E-state index contributed by atoms with van der Waals surface area (Å²) in [7, 11) is 2.23. The van der Waals surface area contributed by atoms with Crippen molar-refractivity contribution < 1.29 is 0 Å². The molecule has 1 aliphatic rings. The summed E-state index contributed by atoms with van der Waals surface area (Å²) in [4.78, 5) is 5.12. The number of hydrogen-bond acceptors (Lipinski definition) is 3. The lowest BCUT2D eigenvalue weighted by Crippen LogP contribution is -2.48. The SMILES string of the molecule is CCCNC1CCN(CCCCN(C)C(C)C)CC1C. The molecule has 2 unspecified atom stereocenters. The molecule has 0 aromatic carbocycles. The van der Waals surface area contributed by atoms with E-state index in [4.69, 9.17) is 0 Å². The second-order valence-corrected chi connectivity index (χ2v) is 6.91. The van der Waals surface area contributed by atoms with Crippen LogP contribution in [0, 0.1) is 5.92 Å². The lowest BCUT2D eigenvalue weighted by molar-refractivity contribution is 0.143. The van der Waals surface area contributed by atoms with Crippen LogP contribution in [-0.4, -0.2) is 61.7 Å². The van der Waals surface area contributed by atoms with Crippen molar-refractivity contribution in [3.63, 3.8) is 0 Å². The Balaban J connectivity index is 2.12. The molecule has 0 aromatic rings. The van der Waals surface area contributed by atoms with Crippen molar-refractivity contribution in [2.45, 2.75) is 65.5 Å². The van der Waals surface area contributed by atoms with Crippen molar-refractivity contribution in [3.8, 4) is 0 Å². The second-order valence-electron chi connectivity index (χ2n) is 6.91. The van der Waals surface area contributed by atoms with Gasteiger partial charge in [0.25, 0.3) is 0 Å². The third kappa shape index (κ3) is 6.55. The van der Waals surface area contributed by atoms with E-state index in [1.54, 1.807) is 0 Å². The first kappa shape index (κ1) is 17.9. The van der Waals surface area contributed by atoms with Crippen LogP contribution in [0.5, 0.6) is 0 Å². The molecule has 1 rings (SSSR count). The fraction of sp³-hybridized carbons (Fsp3) is 1.00. The van der Waals surface area contributed by atoms with Crippen molar-refractivity contribution in [1.29, 1.82) is 0 Å². The van der Waals surface area contributed by atoms with E-state index in [9.17, 15) is 0 Å². The normalized spacial score (nSPS) is 24.8. The van der Waals surface area contributed by atoms with Crippen LogP contribution < -0.4 is 5.32 Å². The number of rotatable bonds is 9. The highest BCUT2D eigenvalue weighted by Gasteiger charge is 2.24. The standard InChI is InChI=1S/C17H37N3/c1-6-10-18-17-9-13-20(14-16(17)4)12-8-7-11-19(5)15(2)3/h15-18H,6-14H2,1-5H3. The predicted molar refractivity (Wildman–Crippen MR) is 89.3 cm³/mol. The molecule has 0 bridgehead atoms. The Morgan fingerprint density at radius 1 is 1.30 bits per heavy atom. The Hall–Kier alpha value is -0.120. The molecule has 120 valence electrons. The quantitative estimate of drug-likeness (QED) is 0.657. The van der Waals surface area contributed by atoms with Crippen LogP contribution in [0.3, 0.4) is 0 Å². The molecule has 1 fully saturated rings. The van der Waals surface area contributed by atoms with Crippen LogP contribution in [-0.2, 0) is 0 Å². The average molecular weight is 284 g/mol. The predicted octanol–water partition coefficient (Wildman–Crippen LogP) is 2.82. The second kappa shape index (κ2) is 9.75. The van der Waals surface area contributed by atoms with E-state index in [1.807, 2.05) is 0 Å². The number of nitrogens with zero attached hydrogens (tertiary/aromatic N) is 2. The van der Waals surface area contributed by atoms with Gasteiger partial charge in [-0.05, 0) is 78.7 Å². The Morgan fingerprint density at radius 2 is 2.05 bits per heavy atom. The number of unbranched alkanes of at least 4 members (excludes halogenated alkanes) is 1. The Kier molecular flexibility index (Phi) is 8.74. The van der Waals surface area contributed by atoms with Gasteiger partial charge in [-0.25, -0.2) is 0 Å². The molecular weight excluding hydrogens is 246 g/mol. The van der Waals surface area contributed by atoms with Crippen LogP contribution in [0.2, 0.25) is 0 Å². The van der Waals surface area contributed by atoms with Gasteiger partial charge in [0.1, 0.15) is 0 Å². The highest BCUT2D eigenvalue weighted by Crippen LogP contribution is 2.17. The monoisotopic (exact) mass is 283 g/mol. The van der Waals surface area contributed by atoms with Crippen molar-refractivity contribution in [2.75, 3.05) is 39.8 Å². The van der Waals surface area contributed by atoms with Gasteiger partial charge < -0.3 is 15.1 Å². The summed E-state index contributed by atoms with van der Waals surface area (Å²) in [5.74, 6) is 0.800. The maximum Gasteiger partial charge on any atom is 0.0117 e. The topological polar surface area (TPSA) is 18.5 Å². The van der Waals surface area contributed by atoms with Crippen molar-refractivity contribution in [3.05, 3.63) is 0 Å². The number of nitrogens with one attached hydrogen (secondary N) is 1. The summed E-state index contributed by atoms with van der Waals surface area (Å²) < 4.78 is 0. The minimum Gasteiger partial charge on any atom is -0.314 e. The molecule has 1 N–H and O–H groups in total. The Morgan fingerprint density at radius 3 is 2.65 bits per heavy atom. The summed E-state index contributed by atoms with van der Waals surface area (Å²) in [5.41, 5.74) is 0. The number of likely N-dealkylation sites (tertiary alicyclic amines) is 1. The molecule has 1 aliphatic heterocycles. The largest absolute Gasteiger partial charge is 0.314 e. The first-order valence-electron chi connectivity index (χ1n) is 8.70. The van der Waals surface area contributed by atoms with Crippen molar-refractivity contribution in [2.24, 2.45) is 5.92 Å². The van der Waals surface area contributed by atoms with E-state index >= 15 is 0 Å². The Bertz CT molecular complexity index is 242. The average Bonchev–Trinajstić information content (AvgIpc) is 2.42. The van der Waals surface area contributed by atoms with Crippen LogP contribution in [0.25, 0.3) is 0 Å². The lowest BCUT2D eigenvalue weighted by Gasteiger charge is -2.37. The van der Waals surface area contributed by atoms with Crippen LogP contribution in [0.4, 0.5) is 0 Å². The summed E-state index contributed by atoms with van der Waals surface area (Å²) >= 11 is 0. The summed E-state index contributed by atoms with van der Waals surface area (Å²) in [6, 6.07) is 1.42. The zero-order valence-electron chi connectivity index (χ0n) is 14.5. The molecule has 2 atom stereocenters. The van der Waals surface area contributed by atoms with Gasteiger partial charge >= 0.3 is 0 Å².